The van der Waals surface area contributed by atoms with E-state index in [1.165, 1.54) is 50.9 Å². The van der Waals surface area contributed by atoms with Crippen molar-refractivity contribution in [2.24, 2.45) is 0 Å². The number of nitrogens with one attached hydrogen (secondary N) is 1. The molecule has 0 atom stereocenters. The van der Waals surface area contributed by atoms with Crippen molar-refractivity contribution in [3.05, 3.63) is 45.9 Å². The fourth-order valence-electron chi connectivity index (χ4n) is 3.10. The second-order valence-corrected chi connectivity index (χ2v) is 7.71. The lowest BCUT2D eigenvalue weighted by molar-refractivity contribution is 0.225. The van der Waals surface area contributed by atoms with Crippen molar-refractivity contribution in [1.29, 1.82) is 0 Å². The van der Waals surface area contributed by atoms with Gasteiger partial charge in [0.2, 0.25) is 0 Å². The molecule has 136 valence electrons. The first-order chi connectivity index (χ1) is 12.3. The minimum atomic E-state index is 0.544. The minimum Gasteiger partial charge on any atom is -0.486 e. The fourth-order valence-corrected chi connectivity index (χ4v) is 3.81. The van der Waals surface area contributed by atoms with Crippen LogP contribution >= 0.6 is 11.3 Å². The predicted octanol–water partition coefficient (Wildman–Crippen LogP) is 4.00. The van der Waals surface area contributed by atoms with Gasteiger partial charge in [-0.25, -0.2) is 4.98 Å². The van der Waals surface area contributed by atoms with Crippen molar-refractivity contribution in [3.63, 3.8) is 0 Å². The van der Waals surface area contributed by atoms with Gasteiger partial charge in [0.25, 0.3) is 0 Å². The second-order valence-electron chi connectivity index (χ2n) is 6.77. The van der Waals surface area contributed by atoms with Gasteiger partial charge in [-0.15, -0.1) is 11.3 Å². The van der Waals surface area contributed by atoms with Crippen molar-refractivity contribution in [3.8, 4) is 5.75 Å². The Morgan fingerprint density at radius 1 is 1.16 bits per heavy atom. The molecular formula is C20H29N3OS. The molecule has 1 aliphatic heterocycles. The molecule has 1 fully saturated rings. The van der Waals surface area contributed by atoms with Crippen LogP contribution in [0.3, 0.4) is 0 Å². The molecule has 2 heterocycles. The van der Waals surface area contributed by atoms with Gasteiger partial charge >= 0.3 is 0 Å². The third kappa shape index (κ3) is 6.42. The number of thiazole rings is 1. The van der Waals surface area contributed by atoms with E-state index < -0.39 is 0 Å². The van der Waals surface area contributed by atoms with E-state index in [1.807, 2.05) is 12.1 Å². The van der Waals surface area contributed by atoms with Gasteiger partial charge in [-0.1, -0.05) is 24.1 Å². The second kappa shape index (κ2) is 9.90. The molecule has 2 aromatic rings. The van der Waals surface area contributed by atoms with Crippen LogP contribution in [0, 0.1) is 6.92 Å². The van der Waals surface area contributed by atoms with E-state index in [-0.39, 0.29) is 0 Å². The summed E-state index contributed by atoms with van der Waals surface area (Å²) in [5.74, 6) is 0.901. The Labute approximate surface area is 155 Å². The number of rotatable bonds is 9. The average Bonchev–Trinajstić information content (AvgIpc) is 3.10. The molecule has 0 radical (unpaired) electrons. The summed E-state index contributed by atoms with van der Waals surface area (Å²) in [5.41, 5.74) is 2.36. The minimum absolute atomic E-state index is 0.544. The first-order valence-electron chi connectivity index (χ1n) is 9.35. The molecule has 0 amide bonds. The van der Waals surface area contributed by atoms with Crippen LogP contribution in [-0.2, 0) is 13.2 Å². The standard InChI is InChI=1S/C20H29N3OS/c1-17-6-8-19(9-7-17)24-15-20-22-18(16-25-20)14-21-10-5-13-23-11-3-2-4-12-23/h6-9,16,21H,2-5,10-15H2,1H3. The van der Waals surface area contributed by atoms with Gasteiger partial charge in [0.15, 0.2) is 0 Å². The van der Waals surface area contributed by atoms with Gasteiger partial charge in [0.1, 0.15) is 17.4 Å². The first-order valence-corrected chi connectivity index (χ1v) is 10.2. The number of nitrogens with zero attached hydrogens (tertiary/aromatic N) is 2. The normalized spacial score (nSPS) is 15.4. The van der Waals surface area contributed by atoms with Gasteiger partial charge in [-0.3, -0.25) is 0 Å². The van der Waals surface area contributed by atoms with Crippen LogP contribution in [0.25, 0.3) is 0 Å². The lowest BCUT2D eigenvalue weighted by atomic mass is 10.1. The molecule has 1 N–H and O–H groups in total. The molecule has 3 rings (SSSR count). The van der Waals surface area contributed by atoms with Crippen LogP contribution in [-0.4, -0.2) is 36.1 Å². The van der Waals surface area contributed by atoms with Crippen molar-refractivity contribution < 1.29 is 4.74 Å². The number of aryl methyl sites for hydroxylation is 1. The van der Waals surface area contributed by atoms with E-state index in [0.29, 0.717) is 6.61 Å². The van der Waals surface area contributed by atoms with Gasteiger partial charge < -0.3 is 15.0 Å². The molecule has 1 aliphatic rings. The molecule has 0 saturated carbocycles. The smallest absolute Gasteiger partial charge is 0.140 e. The quantitative estimate of drug-likeness (QED) is 0.687. The molecule has 0 spiro atoms. The number of benzene rings is 1. The Hall–Kier alpha value is -1.43. The Morgan fingerprint density at radius 2 is 1.96 bits per heavy atom. The highest BCUT2D eigenvalue weighted by molar-refractivity contribution is 7.09. The number of hydrogen-bond donors (Lipinski definition) is 1. The van der Waals surface area contributed by atoms with Crippen molar-refractivity contribution in [2.75, 3.05) is 26.2 Å². The Bertz CT molecular complexity index is 620. The zero-order valence-electron chi connectivity index (χ0n) is 15.2. The molecule has 1 aromatic carbocycles. The number of ether oxygens (including phenoxy) is 1. The van der Waals surface area contributed by atoms with E-state index in [2.05, 4.69) is 39.6 Å². The Kier molecular flexibility index (Phi) is 7.27. The topological polar surface area (TPSA) is 37.4 Å². The Balaban J connectivity index is 1.30. The molecular weight excluding hydrogens is 330 g/mol. The van der Waals surface area contributed by atoms with Crippen LogP contribution in [0.2, 0.25) is 0 Å². The summed E-state index contributed by atoms with van der Waals surface area (Å²) in [6, 6.07) is 8.15. The zero-order chi connectivity index (χ0) is 17.3. The third-order valence-corrected chi connectivity index (χ3v) is 5.44. The van der Waals surface area contributed by atoms with E-state index in [4.69, 9.17) is 4.74 Å². The van der Waals surface area contributed by atoms with E-state index in [0.717, 1.165) is 29.5 Å². The molecule has 0 aliphatic carbocycles. The van der Waals surface area contributed by atoms with E-state index >= 15 is 0 Å². The zero-order valence-corrected chi connectivity index (χ0v) is 16.0. The maximum Gasteiger partial charge on any atom is 0.140 e. The molecule has 1 saturated heterocycles. The summed E-state index contributed by atoms with van der Waals surface area (Å²) < 4.78 is 5.79. The predicted molar refractivity (Wildman–Crippen MR) is 104 cm³/mol. The third-order valence-electron chi connectivity index (χ3n) is 4.57. The highest BCUT2D eigenvalue weighted by atomic mass is 32.1. The highest BCUT2D eigenvalue weighted by Gasteiger charge is 2.09. The highest BCUT2D eigenvalue weighted by Crippen LogP contribution is 2.16. The first kappa shape index (κ1) is 18.4. The summed E-state index contributed by atoms with van der Waals surface area (Å²) in [5, 5.41) is 6.67. The fraction of sp³-hybridized carbons (Fsp3) is 0.550. The summed E-state index contributed by atoms with van der Waals surface area (Å²) in [7, 11) is 0. The molecule has 0 unspecified atom stereocenters. The summed E-state index contributed by atoms with van der Waals surface area (Å²) in [6.45, 7) is 8.33. The van der Waals surface area contributed by atoms with Gasteiger partial charge in [0, 0.05) is 11.9 Å². The van der Waals surface area contributed by atoms with Crippen LogP contribution in [0.15, 0.2) is 29.6 Å². The van der Waals surface area contributed by atoms with Gasteiger partial charge in [-0.2, -0.15) is 0 Å². The summed E-state index contributed by atoms with van der Waals surface area (Å²) in [6.07, 6.45) is 5.38. The molecule has 25 heavy (non-hydrogen) atoms. The van der Waals surface area contributed by atoms with Crippen molar-refractivity contribution in [2.45, 2.75) is 45.8 Å². The van der Waals surface area contributed by atoms with Crippen LogP contribution < -0.4 is 10.1 Å². The summed E-state index contributed by atoms with van der Waals surface area (Å²) in [4.78, 5) is 7.24. The van der Waals surface area contributed by atoms with Crippen LogP contribution in [0.4, 0.5) is 0 Å². The lowest BCUT2D eigenvalue weighted by Crippen LogP contribution is -2.32. The SMILES string of the molecule is Cc1ccc(OCc2nc(CNCCCN3CCCCC3)cs2)cc1. The lowest BCUT2D eigenvalue weighted by Gasteiger charge is -2.26. The van der Waals surface area contributed by atoms with Crippen LogP contribution in [0.1, 0.15) is 41.9 Å². The number of aromatic nitrogens is 1. The Morgan fingerprint density at radius 3 is 2.76 bits per heavy atom. The van der Waals surface area contributed by atoms with E-state index in [9.17, 15) is 0 Å². The summed E-state index contributed by atoms with van der Waals surface area (Å²) >= 11 is 1.67. The molecule has 1 aromatic heterocycles. The van der Waals surface area contributed by atoms with Crippen LogP contribution in [0.5, 0.6) is 5.75 Å². The van der Waals surface area contributed by atoms with E-state index in [1.54, 1.807) is 11.3 Å². The monoisotopic (exact) mass is 359 g/mol. The molecule has 0 bridgehead atoms. The molecule has 4 nitrogen and oxygen atoms in total. The van der Waals surface area contributed by atoms with Crippen molar-refractivity contribution >= 4 is 11.3 Å². The maximum atomic E-state index is 5.79. The van der Waals surface area contributed by atoms with Gasteiger partial charge in [-0.05, 0) is 64.5 Å². The molecule has 5 heteroatoms. The van der Waals surface area contributed by atoms with Crippen molar-refractivity contribution in [1.82, 2.24) is 15.2 Å². The van der Waals surface area contributed by atoms with Gasteiger partial charge in [0.05, 0.1) is 5.69 Å². The number of likely N-dealkylation sites (tertiary alicyclic amines) is 1. The average molecular weight is 360 g/mol. The largest absolute Gasteiger partial charge is 0.486 e. The number of piperidine rings is 1. The number of hydrogen-bond acceptors (Lipinski definition) is 5. The maximum absolute atomic E-state index is 5.79.